The van der Waals surface area contributed by atoms with Crippen molar-refractivity contribution in [3.63, 3.8) is 0 Å². The second-order valence-electron chi connectivity index (χ2n) is 5.82. The largest absolute Gasteiger partial charge is 0.493 e. The molecule has 0 atom stereocenters. The van der Waals surface area contributed by atoms with Gasteiger partial charge in [-0.1, -0.05) is 23.8 Å². The number of rotatable bonds is 10. The van der Waals surface area contributed by atoms with Crippen molar-refractivity contribution in [3.8, 4) is 11.5 Å². The number of hydrogen-bond acceptors (Lipinski definition) is 4. The maximum atomic E-state index is 5.85. The number of methoxy groups -OCH3 is 2. The molecule has 4 heteroatoms. The smallest absolute Gasteiger partial charge is 0.165 e. The highest BCUT2D eigenvalue weighted by atomic mass is 16.5. The average Bonchev–Trinajstić information content (AvgIpc) is 2.60. The molecule has 1 aromatic rings. The second kappa shape index (κ2) is 10.3. The van der Waals surface area contributed by atoms with Crippen molar-refractivity contribution in [3.05, 3.63) is 35.4 Å². The van der Waals surface area contributed by atoms with Crippen LogP contribution in [0.15, 0.2) is 29.8 Å². The normalized spacial score (nSPS) is 14.4. The molecule has 0 bridgehead atoms. The molecule has 0 aromatic heterocycles. The predicted octanol–water partition coefficient (Wildman–Crippen LogP) is 3.70. The molecular weight excluding hydrogens is 290 g/mol. The molecular formula is C19H29NO3. The molecule has 1 aliphatic rings. The molecule has 0 amide bonds. The van der Waals surface area contributed by atoms with Gasteiger partial charge in [0.1, 0.15) is 6.61 Å². The Kier molecular flexibility index (Phi) is 7.98. The van der Waals surface area contributed by atoms with E-state index in [0.717, 1.165) is 36.6 Å². The molecule has 0 fully saturated rings. The Morgan fingerprint density at radius 2 is 2.04 bits per heavy atom. The molecule has 0 unspecified atom stereocenters. The third-order valence-electron chi connectivity index (χ3n) is 4.14. The molecule has 4 nitrogen and oxygen atoms in total. The molecule has 0 radical (unpaired) electrons. The Labute approximate surface area is 139 Å². The lowest BCUT2D eigenvalue weighted by Crippen LogP contribution is -2.17. The average molecular weight is 319 g/mol. The first-order valence-corrected chi connectivity index (χ1v) is 8.51. The van der Waals surface area contributed by atoms with E-state index in [0.29, 0.717) is 13.2 Å². The maximum Gasteiger partial charge on any atom is 0.165 e. The minimum Gasteiger partial charge on any atom is -0.493 e. The Morgan fingerprint density at radius 1 is 1.13 bits per heavy atom. The van der Waals surface area contributed by atoms with Crippen LogP contribution >= 0.6 is 0 Å². The molecule has 0 saturated heterocycles. The third kappa shape index (κ3) is 5.88. The van der Waals surface area contributed by atoms with Crippen LogP contribution in [0.2, 0.25) is 0 Å². The van der Waals surface area contributed by atoms with Crippen LogP contribution in [0.1, 0.15) is 37.7 Å². The van der Waals surface area contributed by atoms with E-state index in [1.54, 1.807) is 19.8 Å². The first-order chi connectivity index (χ1) is 11.3. The van der Waals surface area contributed by atoms with Gasteiger partial charge in [0.2, 0.25) is 0 Å². The molecule has 23 heavy (non-hydrogen) atoms. The number of benzene rings is 1. The van der Waals surface area contributed by atoms with Gasteiger partial charge in [0.05, 0.1) is 13.7 Å². The summed E-state index contributed by atoms with van der Waals surface area (Å²) in [5, 5.41) is 3.52. The van der Waals surface area contributed by atoms with Crippen LogP contribution in [0.3, 0.4) is 0 Å². The fourth-order valence-electron chi connectivity index (χ4n) is 2.86. The Morgan fingerprint density at radius 3 is 2.78 bits per heavy atom. The summed E-state index contributed by atoms with van der Waals surface area (Å²) in [5.41, 5.74) is 2.73. The fraction of sp³-hybridized carbons (Fsp3) is 0.579. The SMILES string of the molecule is COCCOc1c(CNCCC2=CCCCC2)cccc1OC. The van der Waals surface area contributed by atoms with Crippen molar-refractivity contribution in [2.75, 3.05) is 34.0 Å². The van der Waals surface area contributed by atoms with Gasteiger partial charge < -0.3 is 19.5 Å². The molecule has 0 spiro atoms. The zero-order chi connectivity index (χ0) is 16.3. The summed E-state index contributed by atoms with van der Waals surface area (Å²) in [5.74, 6) is 1.59. The van der Waals surface area contributed by atoms with Crippen LogP contribution in [-0.4, -0.2) is 34.0 Å². The highest BCUT2D eigenvalue weighted by molar-refractivity contribution is 5.46. The molecule has 1 aliphatic carbocycles. The van der Waals surface area contributed by atoms with E-state index >= 15 is 0 Å². The van der Waals surface area contributed by atoms with Gasteiger partial charge in [-0.15, -0.1) is 0 Å². The summed E-state index contributed by atoms with van der Waals surface area (Å²) < 4.78 is 16.3. The van der Waals surface area contributed by atoms with Gasteiger partial charge in [0, 0.05) is 19.2 Å². The van der Waals surface area contributed by atoms with Gasteiger partial charge in [0.15, 0.2) is 11.5 Å². The summed E-state index contributed by atoms with van der Waals surface area (Å²) in [6.45, 7) is 2.88. The van der Waals surface area contributed by atoms with E-state index in [1.807, 2.05) is 12.1 Å². The quantitative estimate of drug-likeness (QED) is 0.527. The number of nitrogens with one attached hydrogen (secondary N) is 1. The standard InChI is InChI=1S/C19H29NO3/c1-21-13-14-23-19-17(9-6-10-18(19)22-2)15-20-12-11-16-7-4-3-5-8-16/h6-7,9-10,20H,3-5,8,11-15H2,1-2H3. The molecule has 0 heterocycles. The summed E-state index contributed by atoms with van der Waals surface area (Å²) in [6, 6.07) is 6.01. The van der Waals surface area contributed by atoms with Gasteiger partial charge >= 0.3 is 0 Å². The summed E-state index contributed by atoms with van der Waals surface area (Å²) in [6.07, 6.45) is 8.77. The molecule has 2 rings (SSSR count). The van der Waals surface area contributed by atoms with Crippen molar-refractivity contribution in [2.24, 2.45) is 0 Å². The van der Waals surface area contributed by atoms with Gasteiger partial charge in [-0.05, 0) is 44.7 Å². The third-order valence-corrected chi connectivity index (χ3v) is 4.14. The van der Waals surface area contributed by atoms with Gasteiger partial charge in [-0.3, -0.25) is 0 Å². The fourth-order valence-corrected chi connectivity index (χ4v) is 2.86. The number of para-hydroxylation sites is 1. The van der Waals surface area contributed by atoms with Crippen LogP contribution < -0.4 is 14.8 Å². The Balaban J connectivity index is 1.86. The first kappa shape index (κ1) is 17.8. The lowest BCUT2D eigenvalue weighted by atomic mass is 9.97. The zero-order valence-electron chi connectivity index (χ0n) is 14.4. The van der Waals surface area contributed by atoms with Crippen molar-refractivity contribution < 1.29 is 14.2 Å². The van der Waals surface area contributed by atoms with Crippen LogP contribution in [-0.2, 0) is 11.3 Å². The molecule has 1 N–H and O–H groups in total. The van der Waals surface area contributed by atoms with Crippen molar-refractivity contribution in [2.45, 2.75) is 38.6 Å². The molecule has 1 aromatic carbocycles. The lowest BCUT2D eigenvalue weighted by Gasteiger charge is -2.16. The maximum absolute atomic E-state index is 5.85. The second-order valence-corrected chi connectivity index (χ2v) is 5.82. The summed E-state index contributed by atoms with van der Waals surface area (Å²) >= 11 is 0. The van der Waals surface area contributed by atoms with E-state index < -0.39 is 0 Å². The zero-order valence-corrected chi connectivity index (χ0v) is 14.4. The Bertz CT molecular complexity index is 499. The molecule has 128 valence electrons. The predicted molar refractivity (Wildman–Crippen MR) is 93.2 cm³/mol. The van der Waals surface area contributed by atoms with Gasteiger partial charge in [-0.2, -0.15) is 0 Å². The van der Waals surface area contributed by atoms with E-state index in [4.69, 9.17) is 14.2 Å². The van der Waals surface area contributed by atoms with Crippen LogP contribution in [0, 0.1) is 0 Å². The number of hydrogen-bond donors (Lipinski definition) is 1. The van der Waals surface area contributed by atoms with Crippen LogP contribution in [0.5, 0.6) is 11.5 Å². The first-order valence-electron chi connectivity index (χ1n) is 8.51. The van der Waals surface area contributed by atoms with E-state index in [-0.39, 0.29) is 0 Å². The molecule has 0 saturated carbocycles. The van der Waals surface area contributed by atoms with Gasteiger partial charge in [-0.25, -0.2) is 0 Å². The van der Waals surface area contributed by atoms with Crippen LogP contribution in [0.4, 0.5) is 0 Å². The summed E-state index contributed by atoms with van der Waals surface area (Å²) in [7, 11) is 3.35. The van der Waals surface area contributed by atoms with Crippen molar-refractivity contribution >= 4 is 0 Å². The monoisotopic (exact) mass is 319 g/mol. The van der Waals surface area contributed by atoms with Crippen molar-refractivity contribution in [1.29, 1.82) is 0 Å². The molecule has 0 aliphatic heterocycles. The van der Waals surface area contributed by atoms with E-state index in [9.17, 15) is 0 Å². The summed E-state index contributed by atoms with van der Waals surface area (Å²) in [4.78, 5) is 0. The number of allylic oxidation sites excluding steroid dienone is 1. The van der Waals surface area contributed by atoms with E-state index in [1.165, 1.54) is 25.7 Å². The lowest BCUT2D eigenvalue weighted by molar-refractivity contribution is 0.143. The van der Waals surface area contributed by atoms with Gasteiger partial charge in [0.25, 0.3) is 0 Å². The topological polar surface area (TPSA) is 39.7 Å². The van der Waals surface area contributed by atoms with Crippen LogP contribution in [0.25, 0.3) is 0 Å². The highest BCUT2D eigenvalue weighted by Crippen LogP contribution is 2.31. The number of ether oxygens (including phenoxy) is 3. The minimum atomic E-state index is 0.525. The van der Waals surface area contributed by atoms with E-state index in [2.05, 4.69) is 17.5 Å². The Hall–Kier alpha value is -1.52. The highest BCUT2D eigenvalue weighted by Gasteiger charge is 2.10. The minimum absolute atomic E-state index is 0.525. The van der Waals surface area contributed by atoms with Crippen molar-refractivity contribution in [1.82, 2.24) is 5.32 Å².